The number of hydrogen-bond acceptors (Lipinski definition) is 8. The van der Waals surface area contributed by atoms with Gasteiger partial charge in [0.15, 0.2) is 5.69 Å². The smallest absolute Gasteiger partial charge is 0.416 e. The molecule has 41 heavy (non-hydrogen) atoms. The number of carbonyl (C=O) groups excluding carboxylic acids is 3. The molecule has 16 heteroatoms. The van der Waals surface area contributed by atoms with Crippen LogP contribution in [-0.4, -0.2) is 37.3 Å². The molecule has 2 aromatic carbocycles. The van der Waals surface area contributed by atoms with Gasteiger partial charge in [0.1, 0.15) is 11.5 Å². The number of urea groups is 1. The number of alkyl halides is 3. The number of halogens is 3. The summed E-state index contributed by atoms with van der Waals surface area (Å²) in [5, 5.41) is 14.8. The Morgan fingerprint density at radius 1 is 1.00 bits per heavy atom. The van der Waals surface area contributed by atoms with Crippen molar-refractivity contribution >= 4 is 29.5 Å². The molecule has 4 rings (SSSR count). The lowest BCUT2D eigenvalue weighted by Crippen LogP contribution is -2.24. The minimum Gasteiger partial charge on any atom is -0.493 e. The van der Waals surface area contributed by atoms with Crippen molar-refractivity contribution in [1.82, 2.24) is 14.1 Å². The zero-order valence-electron chi connectivity index (χ0n) is 20.8. The van der Waals surface area contributed by atoms with Crippen LogP contribution in [0.15, 0.2) is 71.8 Å². The zero-order valence-corrected chi connectivity index (χ0v) is 20.8. The number of aryl methyl sites for hydroxylation is 1. The molecule has 13 nitrogen and oxygen atoms in total. The molecule has 4 aromatic rings. The van der Waals surface area contributed by atoms with Gasteiger partial charge in [0.05, 0.1) is 23.1 Å². The van der Waals surface area contributed by atoms with Gasteiger partial charge in [-0.3, -0.25) is 4.57 Å². The molecular weight excluding hydrogens is 553 g/mol. The quantitative estimate of drug-likeness (QED) is 0.198. The number of nitrogens with zero attached hydrogens (tertiary/aromatic N) is 3. The summed E-state index contributed by atoms with van der Waals surface area (Å²) in [6.45, 7) is 0. The molecule has 0 saturated heterocycles. The lowest BCUT2D eigenvalue weighted by molar-refractivity contribution is -0.137. The van der Waals surface area contributed by atoms with Crippen molar-refractivity contribution in [2.24, 2.45) is 12.8 Å². The molecule has 0 unspecified atom stereocenters. The summed E-state index contributed by atoms with van der Waals surface area (Å²) in [5.41, 5.74) is 2.33. The molecule has 0 aliphatic carbocycles. The summed E-state index contributed by atoms with van der Waals surface area (Å²) in [6.07, 6.45) is -3.75. The average Bonchev–Trinajstić information content (AvgIpc) is 3.15. The standard InChI is InChI=1S/C25H19F3N6O7/c1-33-12-20(35)34(24(33)39)19-7-2-13(25(26,27)28)10-17(19)32-23(38)31-14-3-5-15(6-4-14)40-16-8-9-30-18(11-16)21(36)41-22(29)37/h2-12,35H,1H3,(H2,29,37)(H2,31,32,38). The van der Waals surface area contributed by atoms with Gasteiger partial charge >= 0.3 is 30.0 Å². The van der Waals surface area contributed by atoms with Crippen molar-refractivity contribution in [1.29, 1.82) is 0 Å². The van der Waals surface area contributed by atoms with E-state index in [0.29, 0.717) is 12.1 Å². The number of carbonyl (C=O) groups is 3. The molecule has 0 spiro atoms. The van der Waals surface area contributed by atoms with Crippen LogP contribution in [0.25, 0.3) is 5.69 Å². The fraction of sp³-hybridized carbons (Fsp3) is 0.0800. The molecule has 0 radical (unpaired) electrons. The van der Waals surface area contributed by atoms with Crippen LogP contribution in [0.5, 0.6) is 17.4 Å². The van der Waals surface area contributed by atoms with Crippen LogP contribution in [0.4, 0.5) is 34.1 Å². The molecule has 2 aromatic heterocycles. The molecular formula is C25H19F3N6O7. The highest BCUT2D eigenvalue weighted by molar-refractivity contribution is 6.01. The van der Waals surface area contributed by atoms with Crippen molar-refractivity contribution < 1.29 is 42.1 Å². The summed E-state index contributed by atoms with van der Waals surface area (Å²) in [6, 6.07) is 9.67. The molecule has 0 saturated carbocycles. The third-order valence-electron chi connectivity index (χ3n) is 5.33. The number of hydrogen-bond donors (Lipinski definition) is 4. The summed E-state index contributed by atoms with van der Waals surface area (Å²) >= 11 is 0. The SMILES string of the molecule is Cn1cc(O)n(-c2ccc(C(F)(F)F)cc2NC(=O)Nc2ccc(Oc3ccnc(C(=O)OC(N)=O)c3)cc2)c1=O. The molecule has 0 fully saturated rings. The molecule has 2 heterocycles. The third-order valence-corrected chi connectivity index (χ3v) is 5.33. The van der Waals surface area contributed by atoms with Crippen molar-refractivity contribution in [3.05, 3.63) is 88.7 Å². The van der Waals surface area contributed by atoms with E-state index in [2.05, 4.69) is 20.4 Å². The first-order valence-electron chi connectivity index (χ1n) is 11.3. The Morgan fingerprint density at radius 2 is 1.71 bits per heavy atom. The minimum atomic E-state index is -4.75. The summed E-state index contributed by atoms with van der Waals surface area (Å²) in [7, 11) is 1.33. The number of esters is 1. The predicted octanol–water partition coefficient (Wildman–Crippen LogP) is 3.97. The molecule has 0 bridgehead atoms. The fourth-order valence-corrected chi connectivity index (χ4v) is 3.53. The number of rotatable bonds is 6. The maximum atomic E-state index is 13.3. The highest BCUT2D eigenvalue weighted by Gasteiger charge is 2.32. The monoisotopic (exact) mass is 572 g/mol. The molecule has 0 atom stereocenters. The van der Waals surface area contributed by atoms with E-state index in [1.54, 1.807) is 0 Å². The van der Waals surface area contributed by atoms with Crippen LogP contribution in [0.1, 0.15) is 16.1 Å². The second kappa shape index (κ2) is 11.1. The van der Waals surface area contributed by atoms with Crippen LogP contribution < -0.4 is 26.8 Å². The van der Waals surface area contributed by atoms with E-state index in [1.165, 1.54) is 49.6 Å². The fourth-order valence-electron chi connectivity index (χ4n) is 3.53. The summed E-state index contributed by atoms with van der Waals surface area (Å²) < 4.78 is 51.7. The Kier molecular flexibility index (Phi) is 7.66. The third kappa shape index (κ3) is 6.62. The number of pyridine rings is 1. The van der Waals surface area contributed by atoms with E-state index in [9.17, 15) is 37.5 Å². The second-order valence-corrected chi connectivity index (χ2v) is 8.24. The van der Waals surface area contributed by atoms with Crippen LogP contribution >= 0.6 is 0 Å². The Hall–Kier alpha value is -5.80. The predicted molar refractivity (Wildman–Crippen MR) is 136 cm³/mol. The molecule has 212 valence electrons. The van der Waals surface area contributed by atoms with Crippen LogP contribution in [0, 0.1) is 0 Å². The summed E-state index contributed by atoms with van der Waals surface area (Å²) in [5.74, 6) is -1.21. The normalized spacial score (nSPS) is 11.0. The van der Waals surface area contributed by atoms with Gasteiger partial charge in [0.2, 0.25) is 5.88 Å². The second-order valence-electron chi connectivity index (χ2n) is 8.24. The minimum absolute atomic E-state index is 0.159. The number of anilines is 2. The molecule has 3 amide bonds. The van der Waals surface area contributed by atoms with Gasteiger partial charge in [-0.15, -0.1) is 0 Å². The Bertz CT molecular complexity index is 1700. The first-order valence-corrected chi connectivity index (χ1v) is 11.3. The van der Waals surface area contributed by atoms with Gasteiger partial charge in [-0.25, -0.2) is 28.7 Å². The first-order chi connectivity index (χ1) is 19.3. The first kappa shape index (κ1) is 28.2. The largest absolute Gasteiger partial charge is 0.493 e. The molecule has 0 aliphatic rings. The van der Waals surface area contributed by atoms with Crippen LogP contribution in [0.2, 0.25) is 0 Å². The number of nitrogens with one attached hydrogen (secondary N) is 2. The number of benzene rings is 2. The lowest BCUT2D eigenvalue weighted by Gasteiger charge is -2.16. The van der Waals surface area contributed by atoms with Crippen LogP contribution in [-0.2, 0) is 18.0 Å². The van der Waals surface area contributed by atoms with Gasteiger partial charge in [0.25, 0.3) is 0 Å². The topological polar surface area (TPSA) is 180 Å². The van der Waals surface area contributed by atoms with E-state index >= 15 is 0 Å². The summed E-state index contributed by atoms with van der Waals surface area (Å²) in [4.78, 5) is 51.4. The molecule has 0 aliphatic heterocycles. The van der Waals surface area contributed by atoms with Crippen molar-refractivity contribution in [3.8, 4) is 23.1 Å². The molecule has 5 N–H and O–H groups in total. The number of imidazole rings is 1. The number of amides is 3. The zero-order chi connectivity index (χ0) is 29.9. The van der Waals surface area contributed by atoms with E-state index in [4.69, 9.17) is 10.5 Å². The number of ether oxygens (including phenoxy) is 2. The van der Waals surface area contributed by atoms with E-state index in [0.717, 1.165) is 21.4 Å². The van der Waals surface area contributed by atoms with Gasteiger partial charge < -0.3 is 30.9 Å². The van der Waals surface area contributed by atoms with Gasteiger partial charge in [-0.05, 0) is 48.5 Å². The van der Waals surface area contributed by atoms with Gasteiger partial charge in [-0.1, -0.05) is 0 Å². The number of aromatic hydroxyl groups is 1. The van der Waals surface area contributed by atoms with Crippen molar-refractivity contribution in [3.63, 3.8) is 0 Å². The van der Waals surface area contributed by atoms with E-state index < -0.39 is 47.1 Å². The Morgan fingerprint density at radius 3 is 2.32 bits per heavy atom. The number of nitrogens with two attached hydrogens (primary N) is 1. The van der Waals surface area contributed by atoms with Gasteiger partial charge in [0, 0.05) is 25.0 Å². The van der Waals surface area contributed by atoms with Gasteiger partial charge in [-0.2, -0.15) is 13.2 Å². The Balaban J connectivity index is 1.50. The van der Waals surface area contributed by atoms with Crippen molar-refractivity contribution in [2.45, 2.75) is 6.18 Å². The Labute approximate surface area is 227 Å². The van der Waals surface area contributed by atoms with Crippen molar-refractivity contribution in [2.75, 3.05) is 10.6 Å². The maximum Gasteiger partial charge on any atom is 0.416 e. The van der Waals surface area contributed by atoms with Crippen LogP contribution in [0.3, 0.4) is 0 Å². The van der Waals surface area contributed by atoms with E-state index in [1.807, 2.05) is 0 Å². The maximum absolute atomic E-state index is 13.3. The highest BCUT2D eigenvalue weighted by Crippen LogP contribution is 2.34. The van der Waals surface area contributed by atoms with E-state index in [-0.39, 0.29) is 28.6 Å². The number of primary amides is 1. The average molecular weight is 572 g/mol. The highest BCUT2D eigenvalue weighted by atomic mass is 19.4. The lowest BCUT2D eigenvalue weighted by atomic mass is 10.1. The number of aromatic nitrogens is 3.